The van der Waals surface area contributed by atoms with Gasteiger partial charge in [-0.2, -0.15) is 0 Å². The van der Waals surface area contributed by atoms with Crippen LogP contribution in [0.5, 0.6) is 0 Å². The Morgan fingerprint density at radius 3 is 0.853 bits per heavy atom. The Morgan fingerprint density at radius 2 is 0.399 bits per heavy atom. The minimum Gasteiger partial charge on any atom is -0.309 e. The maximum Gasteiger partial charge on any atom is 0.0634 e. The summed E-state index contributed by atoms with van der Waals surface area (Å²) in [5.74, 6) is 0. The molecule has 143 heavy (non-hydrogen) atoms. The van der Waals surface area contributed by atoms with Gasteiger partial charge in [0.25, 0.3) is 0 Å². The molecule has 0 saturated heterocycles. The van der Waals surface area contributed by atoms with Gasteiger partial charge >= 0.3 is 0 Å². The van der Waals surface area contributed by atoms with Crippen LogP contribution < -0.4 is 0 Å². The lowest BCUT2D eigenvalue weighted by atomic mass is 10.0. The Morgan fingerprint density at radius 1 is 0.119 bits per heavy atom. The highest BCUT2D eigenvalue weighted by Gasteiger charge is 2.28. The summed E-state index contributed by atoms with van der Waals surface area (Å²) in [5.41, 5.74) is 29.1. The van der Waals surface area contributed by atoms with Gasteiger partial charge in [-0.05, 0) is 231 Å². The zero-order chi connectivity index (χ0) is 93.6. The number of fused-ring (bicyclic) bond motifs is 32. The zero-order valence-electron chi connectivity index (χ0n) is 77.3. The maximum atomic E-state index is 2.51. The second-order valence-corrected chi connectivity index (χ2v) is 40.9. The van der Waals surface area contributed by atoms with E-state index in [1.807, 2.05) is 34.0 Å². The van der Waals surface area contributed by atoms with Crippen molar-refractivity contribution in [3.05, 3.63) is 497 Å². The largest absolute Gasteiger partial charge is 0.309 e. The number of nitrogens with zero attached hydrogens (tertiary/aromatic N) is 6. The van der Waals surface area contributed by atoms with Crippen LogP contribution in [0, 0.1) is 0 Å². The standard InChI is InChI=1S/C48H30N2S.C46H28N2S.C40H24N2S/c1-4-13-31(14-5-1)33-17-12-20-36(27-33)49-42-22-11-10-21-37(42)39-29-40-38-24-26-46-47(41-28-34(23-25-45(41)51-46)32-15-6-2-7-16-32)48(38)50(44(40)30-43(39)49)35-18-8-3-9-19-35;1-2-12-33(13-3-1)48-42-28-41-38(27-39(42)36-24-25-44-45(46(36)48)37-15-7-9-17-43(37)49-44)35-14-6-8-16-40(35)47(41)34-22-20-30(21-23-34)32-19-18-29-10-4-5-11-31(29)26-32;1-2-12-27(13-3-1)42-36-24-35-32(23-33(36)30-20-21-38-39(40(30)42)31-15-7-9-17-37(31)43-38)29-14-6-8-16-34(29)41(35)28-19-18-25-10-4-5-11-26(25)22-28/h1-30H;1-28H;1-24H. The molecule has 0 aliphatic rings. The van der Waals surface area contributed by atoms with Crippen LogP contribution in [-0.2, 0) is 0 Å². The fourth-order valence-corrected chi connectivity index (χ4v) is 26.8. The quantitative estimate of drug-likeness (QED) is 0.138. The van der Waals surface area contributed by atoms with E-state index in [-0.39, 0.29) is 0 Å². The van der Waals surface area contributed by atoms with Crippen molar-refractivity contribution in [1.82, 2.24) is 27.4 Å². The molecule has 23 aromatic carbocycles. The minimum atomic E-state index is 1.16. The fourth-order valence-electron chi connectivity index (χ4n) is 23.5. The van der Waals surface area contributed by atoms with E-state index in [1.165, 1.54) is 263 Å². The van der Waals surface area contributed by atoms with Crippen molar-refractivity contribution in [2.75, 3.05) is 0 Å². The number of para-hydroxylation sites is 6. The first-order valence-electron chi connectivity index (χ1n) is 48.9. The highest BCUT2D eigenvalue weighted by molar-refractivity contribution is 7.27. The van der Waals surface area contributed by atoms with Gasteiger partial charge in [0.15, 0.2) is 0 Å². The van der Waals surface area contributed by atoms with Gasteiger partial charge in [-0.25, -0.2) is 0 Å². The van der Waals surface area contributed by atoms with Gasteiger partial charge in [0.1, 0.15) is 0 Å². The SMILES string of the molecule is c1ccc(-c2cccc(-n3c4ccccc4c4cc5c6ccc7sc8ccc(-c9ccccc9)cc8c7c6n(-c6ccccc6)c5cc43)c2)cc1.c1ccc(-n2c3cc4c(cc3c3ccc5sc6ccccc6c5c32)c2ccccc2n4-c2ccc(-c3ccc4ccccc4c3)cc2)cc1.c1ccc(-n2c3cc4c(cc3c3ccc5sc6ccccc6c5c32)c2ccccc2n4-c2ccc3ccccc3c2)cc1. The molecule has 0 amide bonds. The van der Waals surface area contributed by atoms with Gasteiger partial charge < -0.3 is 27.4 Å². The van der Waals surface area contributed by atoms with Crippen LogP contribution in [0.4, 0.5) is 0 Å². The van der Waals surface area contributed by atoms with Gasteiger partial charge in [-0.3, -0.25) is 0 Å². The number of rotatable bonds is 9. The van der Waals surface area contributed by atoms with Crippen molar-refractivity contribution in [2.45, 2.75) is 0 Å². The van der Waals surface area contributed by atoms with Crippen molar-refractivity contribution in [2.24, 2.45) is 0 Å². The molecule has 0 aliphatic carbocycles. The fraction of sp³-hybridized carbons (Fsp3) is 0. The van der Waals surface area contributed by atoms with Crippen LogP contribution in [0.2, 0.25) is 0 Å². The number of aromatic nitrogens is 6. The smallest absolute Gasteiger partial charge is 0.0634 e. The topological polar surface area (TPSA) is 29.6 Å². The summed E-state index contributed by atoms with van der Waals surface area (Å²) >= 11 is 5.64. The van der Waals surface area contributed by atoms with E-state index in [0.29, 0.717) is 0 Å². The van der Waals surface area contributed by atoms with Crippen LogP contribution in [-0.4, -0.2) is 27.4 Å². The molecular weight excluding hydrogens is 1790 g/mol. The molecule has 0 aliphatic heterocycles. The first-order chi connectivity index (χ1) is 70.9. The summed E-state index contributed by atoms with van der Waals surface area (Å²) in [6.07, 6.45) is 0. The van der Waals surface area contributed by atoms with E-state index < -0.39 is 0 Å². The van der Waals surface area contributed by atoms with Crippen molar-refractivity contribution in [3.63, 3.8) is 0 Å². The lowest BCUT2D eigenvalue weighted by Crippen LogP contribution is -1.96. The van der Waals surface area contributed by atoms with Crippen molar-refractivity contribution >= 4 is 247 Å². The van der Waals surface area contributed by atoms with E-state index in [9.17, 15) is 0 Å². The molecule has 9 aromatic heterocycles. The van der Waals surface area contributed by atoms with Crippen LogP contribution >= 0.6 is 34.0 Å². The average Bonchev–Trinajstić information content (AvgIpc) is 1.54. The predicted octanol–water partition coefficient (Wildman–Crippen LogP) is 38.1. The lowest BCUT2D eigenvalue weighted by molar-refractivity contribution is 1.17. The molecule has 0 spiro atoms. The molecule has 0 radical (unpaired) electrons. The molecule has 9 heterocycles. The van der Waals surface area contributed by atoms with Crippen LogP contribution in [0.1, 0.15) is 0 Å². The summed E-state index contributed by atoms with van der Waals surface area (Å²) in [6.45, 7) is 0. The molecule has 0 atom stereocenters. The van der Waals surface area contributed by atoms with E-state index in [0.717, 1.165) is 17.1 Å². The highest BCUT2D eigenvalue weighted by Crippen LogP contribution is 2.52. The van der Waals surface area contributed by atoms with E-state index in [1.54, 1.807) is 0 Å². The average molecular weight is 1870 g/mol. The summed E-state index contributed by atoms with van der Waals surface area (Å²) < 4.78 is 22.7. The van der Waals surface area contributed by atoms with Crippen LogP contribution in [0.15, 0.2) is 497 Å². The summed E-state index contributed by atoms with van der Waals surface area (Å²) in [5, 5.41) is 28.2. The van der Waals surface area contributed by atoms with Crippen LogP contribution in [0.3, 0.4) is 0 Å². The van der Waals surface area contributed by atoms with Crippen LogP contribution in [0.25, 0.3) is 280 Å². The molecule has 9 heteroatoms. The molecular formula is C134H82N6S3. The molecule has 0 fully saturated rings. The van der Waals surface area contributed by atoms with Crippen molar-refractivity contribution < 1.29 is 0 Å². The second-order valence-electron chi connectivity index (χ2n) is 37.7. The molecule has 6 nitrogen and oxygen atoms in total. The van der Waals surface area contributed by atoms with Gasteiger partial charge in [0.05, 0.1) is 66.2 Å². The molecule has 0 bridgehead atoms. The lowest BCUT2D eigenvalue weighted by Gasteiger charge is -2.12. The molecule has 32 rings (SSSR count). The van der Waals surface area contributed by atoms with E-state index in [4.69, 9.17) is 0 Å². The van der Waals surface area contributed by atoms with Gasteiger partial charge in [-0.15, -0.1) is 34.0 Å². The number of benzene rings is 23. The number of hydrogen-bond donors (Lipinski definition) is 0. The van der Waals surface area contributed by atoms with E-state index in [2.05, 4.69) is 525 Å². The Labute approximate surface area is 832 Å². The van der Waals surface area contributed by atoms with Crippen molar-refractivity contribution in [3.8, 4) is 67.5 Å². The molecule has 0 N–H and O–H groups in total. The van der Waals surface area contributed by atoms with Gasteiger partial charge in [0.2, 0.25) is 0 Å². The number of thiophene rings is 3. The normalized spacial score (nSPS) is 12.1. The monoisotopic (exact) mass is 1870 g/mol. The minimum absolute atomic E-state index is 1.16. The summed E-state index contributed by atoms with van der Waals surface area (Å²) in [6, 6.07) is 182. The highest BCUT2D eigenvalue weighted by atomic mass is 32.1. The van der Waals surface area contributed by atoms with Gasteiger partial charge in [-0.1, -0.05) is 322 Å². The maximum absolute atomic E-state index is 2.51. The second kappa shape index (κ2) is 32.3. The third-order valence-corrected chi connectivity index (χ3v) is 33.2. The van der Waals surface area contributed by atoms with E-state index >= 15 is 0 Å². The zero-order valence-corrected chi connectivity index (χ0v) is 79.7. The molecule has 666 valence electrons. The summed E-state index contributed by atoms with van der Waals surface area (Å²) in [4.78, 5) is 0. The number of hydrogen-bond acceptors (Lipinski definition) is 3. The predicted molar refractivity (Wildman–Crippen MR) is 615 cm³/mol. The van der Waals surface area contributed by atoms with Crippen molar-refractivity contribution in [1.29, 1.82) is 0 Å². The Balaban J connectivity index is 0.000000100. The first kappa shape index (κ1) is 81.1. The Hall–Kier alpha value is -18.0. The van der Waals surface area contributed by atoms with Gasteiger partial charge in [0, 0.05) is 159 Å². The Bertz CT molecular complexity index is 10900. The first-order valence-corrected chi connectivity index (χ1v) is 51.3. The molecule has 0 saturated carbocycles. The molecule has 0 unspecified atom stereocenters. The third kappa shape index (κ3) is 12.7. The Kier molecular flexibility index (Phi) is 18.3. The third-order valence-electron chi connectivity index (χ3n) is 29.8. The summed E-state index contributed by atoms with van der Waals surface area (Å²) in [7, 11) is 0. The molecule has 32 aromatic rings.